The molecule has 2 heterocycles. The maximum absolute atomic E-state index is 12.4. The van der Waals surface area contributed by atoms with E-state index in [0.717, 1.165) is 0 Å². The van der Waals surface area contributed by atoms with Gasteiger partial charge in [-0.15, -0.1) is 0 Å². The first kappa shape index (κ1) is 22.8. The topological polar surface area (TPSA) is 108 Å². The number of carbonyl (C=O) groups excluding carboxylic acids is 2. The molecule has 0 aliphatic rings. The summed E-state index contributed by atoms with van der Waals surface area (Å²) in [6.45, 7) is 3.30. The molecule has 164 valence electrons. The molecule has 2 aromatic heterocycles. The Bertz CT molecular complexity index is 1190. The third-order valence-corrected chi connectivity index (χ3v) is 5.30. The number of esters is 1. The number of nitrogens with zero attached hydrogens (tertiary/aromatic N) is 4. The van der Waals surface area contributed by atoms with Crippen molar-refractivity contribution in [1.82, 2.24) is 24.6 Å². The van der Waals surface area contributed by atoms with Crippen LogP contribution in [0.5, 0.6) is 0 Å². The number of ether oxygens (including phenoxy) is 1. The van der Waals surface area contributed by atoms with Crippen LogP contribution in [0.15, 0.2) is 35.5 Å². The zero-order valence-electron chi connectivity index (χ0n) is 17.1. The number of halogens is 2. The highest BCUT2D eigenvalue weighted by Crippen LogP contribution is 2.26. The van der Waals surface area contributed by atoms with Gasteiger partial charge < -0.3 is 10.1 Å². The third kappa shape index (κ3) is 5.23. The van der Waals surface area contributed by atoms with Gasteiger partial charge in [0, 0.05) is 23.6 Å². The predicted molar refractivity (Wildman–Crippen MR) is 116 cm³/mol. The Balaban J connectivity index is 1.54. The first-order valence-electron chi connectivity index (χ1n) is 9.49. The van der Waals surface area contributed by atoms with Crippen molar-refractivity contribution in [2.75, 3.05) is 0 Å². The highest BCUT2D eigenvalue weighted by Gasteiger charge is 2.21. The minimum atomic E-state index is -1.02. The average molecular weight is 466 g/mol. The monoisotopic (exact) mass is 465 g/mol. The molecule has 1 N–H and O–H groups in total. The molecule has 0 fully saturated rings. The number of amides is 1. The van der Waals surface area contributed by atoms with Gasteiger partial charge in [0.2, 0.25) is 0 Å². The Labute approximate surface area is 187 Å². The van der Waals surface area contributed by atoms with E-state index in [1.807, 2.05) is 0 Å². The molecule has 0 saturated carbocycles. The summed E-state index contributed by atoms with van der Waals surface area (Å²) in [5.41, 5.74) is 0.852. The lowest BCUT2D eigenvalue weighted by Gasteiger charge is -2.19. The lowest BCUT2D eigenvalue weighted by molar-refractivity contribution is -0.155. The van der Waals surface area contributed by atoms with Crippen LogP contribution in [0.4, 0.5) is 0 Å². The Hall–Kier alpha value is -2.91. The number of nitrogens with one attached hydrogen (secondary N) is 1. The number of rotatable bonds is 7. The van der Waals surface area contributed by atoms with Crippen molar-refractivity contribution in [3.05, 3.63) is 56.7 Å². The van der Waals surface area contributed by atoms with Gasteiger partial charge in [0.05, 0.1) is 25.0 Å². The maximum atomic E-state index is 12.4. The average Bonchev–Trinajstić information content (AvgIpc) is 3.08. The second-order valence-corrected chi connectivity index (χ2v) is 7.87. The third-order valence-electron chi connectivity index (χ3n) is 4.74. The van der Waals surface area contributed by atoms with E-state index < -0.39 is 24.0 Å². The molecule has 0 aliphatic carbocycles. The van der Waals surface area contributed by atoms with Crippen molar-refractivity contribution in [3.8, 4) is 0 Å². The molecular weight excluding hydrogens is 445 g/mol. The second kappa shape index (κ2) is 9.49. The van der Waals surface area contributed by atoms with Gasteiger partial charge in [-0.1, -0.05) is 29.3 Å². The fourth-order valence-electron chi connectivity index (χ4n) is 3.01. The molecule has 3 rings (SSSR count). The molecule has 31 heavy (non-hydrogen) atoms. The van der Waals surface area contributed by atoms with Crippen molar-refractivity contribution in [3.63, 3.8) is 0 Å². The van der Waals surface area contributed by atoms with Crippen molar-refractivity contribution in [2.45, 2.75) is 39.0 Å². The van der Waals surface area contributed by atoms with Gasteiger partial charge in [-0.3, -0.25) is 23.6 Å². The Morgan fingerprint density at radius 3 is 2.71 bits per heavy atom. The molecule has 0 aliphatic heterocycles. The van der Waals surface area contributed by atoms with E-state index in [-0.39, 0.29) is 18.5 Å². The maximum Gasteiger partial charge on any atom is 0.308 e. The lowest BCUT2D eigenvalue weighted by Crippen LogP contribution is -2.37. The first-order chi connectivity index (χ1) is 14.7. The van der Waals surface area contributed by atoms with Gasteiger partial charge >= 0.3 is 5.97 Å². The quantitative estimate of drug-likeness (QED) is 0.537. The van der Waals surface area contributed by atoms with Crippen molar-refractivity contribution < 1.29 is 14.3 Å². The molecule has 2 atom stereocenters. The van der Waals surface area contributed by atoms with E-state index in [2.05, 4.69) is 15.4 Å². The van der Waals surface area contributed by atoms with Crippen LogP contribution < -0.4 is 10.9 Å². The van der Waals surface area contributed by atoms with E-state index in [1.54, 1.807) is 32.2 Å². The van der Waals surface area contributed by atoms with Crippen LogP contribution in [0.2, 0.25) is 10.0 Å². The summed E-state index contributed by atoms with van der Waals surface area (Å²) >= 11 is 12.1. The van der Waals surface area contributed by atoms with E-state index in [1.165, 1.54) is 28.7 Å². The summed E-state index contributed by atoms with van der Waals surface area (Å²) in [6, 6.07) is 4.57. The zero-order chi connectivity index (χ0) is 22.7. The predicted octanol–water partition coefficient (Wildman–Crippen LogP) is 2.64. The minimum Gasteiger partial charge on any atom is -0.452 e. The number of fused-ring (bicyclic) bond motifs is 1. The highest BCUT2D eigenvalue weighted by molar-refractivity contribution is 6.35. The molecule has 1 aromatic carbocycles. The van der Waals surface area contributed by atoms with Crippen molar-refractivity contribution in [2.24, 2.45) is 7.05 Å². The molecule has 2 unspecified atom stereocenters. The van der Waals surface area contributed by atoms with Crippen molar-refractivity contribution >= 4 is 46.1 Å². The normalized spacial score (nSPS) is 13.1. The molecule has 0 radical (unpaired) electrons. The fraction of sp³-hybridized carbons (Fsp3) is 0.350. The Kier molecular flexibility index (Phi) is 6.97. The molecular formula is C20H21Cl2N5O4. The van der Waals surface area contributed by atoms with Crippen molar-refractivity contribution in [1.29, 1.82) is 0 Å². The minimum absolute atomic E-state index is 0.0701. The van der Waals surface area contributed by atoms with Crippen LogP contribution in [0.1, 0.15) is 31.9 Å². The number of aromatic nitrogens is 4. The van der Waals surface area contributed by atoms with Crippen LogP contribution in [0.3, 0.4) is 0 Å². The summed E-state index contributed by atoms with van der Waals surface area (Å²) in [5.74, 6) is -1.08. The van der Waals surface area contributed by atoms with Crippen LogP contribution in [-0.4, -0.2) is 37.3 Å². The van der Waals surface area contributed by atoms with Crippen LogP contribution in [0, 0.1) is 0 Å². The highest BCUT2D eigenvalue weighted by atomic mass is 35.5. The summed E-state index contributed by atoms with van der Waals surface area (Å²) in [6.07, 6.45) is 1.67. The lowest BCUT2D eigenvalue weighted by atomic mass is 10.1. The summed E-state index contributed by atoms with van der Waals surface area (Å²) in [7, 11) is 1.69. The molecule has 0 saturated heterocycles. The van der Waals surface area contributed by atoms with E-state index in [4.69, 9.17) is 27.9 Å². The van der Waals surface area contributed by atoms with Gasteiger partial charge in [0.15, 0.2) is 11.8 Å². The second-order valence-electron chi connectivity index (χ2n) is 7.03. The molecule has 0 spiro atoms. The summed E-state index contributed by atoms with van der Waals surface area (Å²) in [5, 5.41) is 8.03. The Morgan fingerprint density at radius 1 is 1.26 bits per heavy atom. The number of benzene rings is 1. The Morgan fingerprint density at radius 2 is 2.00 bits per heavy atom. The molecule has 1 amide bonds. The van der Waals surface area contributed by atoms with Crippen LogP contribution >= 0.6 is 23.2 Å². The standard InChI is InChI=1S/C20H21Cl2N5O4/c1-11(14-5-4-13(21)8-16(14)22)25-19(29)12(2)31-17(28)6-7-27-10-23-18-15(20(27)30)9-24-26(18)3/h4-5,8-12H,6-7H2,1-3H3,(H,25,29). The molecule has 3 aromatic rings. The van der Waals surface area contributed by atoms with Gasteiger partial charge in [-0.05, 0) is 31.5 Å². The number of hydrogen-bond acceptors (Lipinski definition) is 6. The first-order valence-corrected chi connectivity index (χ1v) is 10.2. The van der Waals surface area contributed by atoms with E-state index in [9.17, 15) is 14.4 Å². The number of aryl methyl sites for hydroxylation is 2. The number of hydrogen-bond donors (Lipinski definition) is 1. The largest absolute Gasteiger partial charge is 0.452 e. The smallest absolute Gasteiger partial charge is 0.308 e. The number of carbonyl (C=O) groups is 2. The zero-order valence-corrected chi connectivity index (χ0v) is 18.6. The van der Waals surface area contributed by atoms with Gasteiger partial charge in [0.1, 0.15) is 5.39 Å². The van der Waals surface area contributed by atoms with Gasteiger partial charge in [-0.25, -0.2) is 4.98 Å². The SMILES string of the molecule is CC(OC(=O)CCn1cnc2c(cnn2C)c1=O)C(=O)NC(C)c1ccc(Cl)cc1Cl. The summed E-state index contributed by atoms with van der Waals surface area (Å²) in [4.78, 5) is 41.1. The van der Waals surface area contributed by atoms with E-state index >= 15 is 0 Å². The molecule has 9 nitrogen and oxygen atoms in total. The summed E-state index contributed by atoms with van der Waals surface area (Å²) < 4.78 is 7.99. The van der Waals surface area contributed by atoms with Gasteiger partial charge in [-0.2, -0.15) is 5.10 Å². The van der Waals surface area contributed by atoms with Crippen LogP contribution in [-0.2, 0) is 27.9 Å². The molecule has 11 heteroatoms. The molecule has 0 bridgehead atoms. The van der Waals surface area contributed by atoms with Gasteiger partial charge in [0.25, 0.3) is 11.5 Å². The van der Waals surface area contributed by atoms with Crippen LogP contribution in [0.25, 0.3) is 11.0 Å². The van der Waals surface area contributed by atoms with E-state index in [0.29, 0.717) is 26.6 Å². The fourth-order valence-corrected chi connectivity index (χ4v) is 3.58.